The molecule has 1 heterocycles. The molecule has 10 heteroatoms. The molecule has 3 rings (SSSR count). The van der Waals surface area contributed by atoms with Gasteiger partial charge in [0, 0.05) is 13.1 Å². The van der Waals surface area contributed by atoms with Crippen molar-refractivity contribution in [2.45, 2.75) is 77.0 Å². The number of aliphatic hydroxyl groups is 1. The fourth-order valence-corrected chi connectivity index (χ4v) is 6.63. The zero-order valence-electron chi connectivity index (χ0n) is 26.5. The van der Waals surface area contributed by atoms with E-state index in [1.807, 2.05) is 65.0 Å². The molecule has 0 saturated carbocycles. The van der Waals surface area contributed by atoms with Crippen molar-refractivity contribution in [3.63, 3.8) is 0 Å². The van der Waals surface area contributed by atoms with E-state index in [9.17, 15) is 18.9 Å². The standard InChI is InChI=1S/C33H50N4O5S/c1-24(2)21-37(43(41)27-16-14-26(42-6)15-17-27)22-29(38)28(20-25-12-8-7-9-13-25)34-32(40)31(33(3,4)5)35-30(39)23-36-18-10-11-19-36/h7-9,12-17,24,28-29,31,38H,10-11,18-23H2,1-6H3,(H,34,40)(H,35,39)/t28-,29+,31+,43?/m0/s1. The highest BCUT2D eigenvalue weighted by Gasteiger charge is 2.36. The highest BCUT2D eigenvalue weighted by Crippen LogP contribution is 2.22. The fraction of sp³-hybridized carbons (Fsp3) is 0.576. The van der Waals surface area contributed by atoms with Crippen LogP contribution in [0.3, 0.4) is 0 Å². The van der Waals surface area contributed by atoms with Gasteiger partial charge in [0.1, 0.15) is 22.8 Å². The first-order chi connectivity index (χ1) is 20.4. The Bertz CT molecular complexity index is 1180. The van der Waals surface area contributed by atoms with Crippen LogP contribution in [0.4, 0.5) is 0 Å². The van der Waals surface area contributed by atoms with Crippen molar-refractivity contribution in [1.82, 2.24) is 19.8 Å². The van der Waals surface area contributed by atoms with Crippen LogP contribution in [0.25, 0.3) is 0 Å². The molecule has 0 aliphatic carbocycles. The third kappa shape index (κ3) is 11.0. The van der Waals surface area contributed by atoms with Gasteiger partial charge in [-0.05, 0) is 73.5 Å². The van der Waals surface area contributed by atoms with Gasteiger partial charge in [-0.15, -0.1) is 0 Å². The quantitative estimate of drug-likeness (QED) is 0.284. The number of nitrogens with zero attached hydrogens (tertiary/aromatic N) is 2. The number of likely N-dealkylation sites (tertiary alicyclic amines) is 1. The summed E-state index contributed by atoms with van der Waals surface area (Å²) in [7, 11) is 0.0428. The van der Waals surface area contributed by atoms with Crippen LogP contribution in [0.1, 0.15) is 53.0 Å². The van der Waals surface area contributed by atoms with Gasteiger partial charge in [0.25, 0.3) is 0 Å². The van der Waals surface area contributed by atoms with Crippen LogP contribution >= 0.6 is 0 Å². The van der Waals surface area contributed by atoms with E-state index in [0.717, 1.165) is 31.5 Å². The number of benzene rings is 2. The van der Waals surface area contributed by atoms with Crippen molar-refractivity contribution in [2.75, 3.05) is 39.8 Å². The largest absolute Gasteiger partial charge is 0.497 e. The SMILES string of the molecule is COc1ccc(S(=O)N(CC(C)C)C[C@@H](O)[C@H](Cc2ccccc2)NC(=O)[C@@H](NC(=O)CN2CCCC2)C(C)(C)C)cc1. The molecule has 43 heavy (non-hydrogen) atoms. The van der Waals surface area contributed by atoms with E-state index < -0.39 is 34.6 Å². The summed E-state index contributed by atoms with van der Waals surface area (Å²) in [6, 6.07) is 15.2. The predicted molar refractivity (Wildman–Crippen MR) is 171 cm³/mol. The second-order valence-electron chi connectivity index (χ2n) is 12.9. The molecule has 0 radical (unpaired) electrons. The molecule has 1 aliphatic heterocycles. The monoisotopic (exact) mass is 614 g/mol. The fourth-order valence-electron chi connectivity index (χ4n) is 5.24. The van der Waals surface area contributed by atoms with Crippen LogP contribution in [0, 0.1) is 11.3 Å². The van der Waals surface area contributed by atoms with Crippen LogP contribution < -0.4 is 15.4 Å². The lowest BCUT2D eigenvalue weighted by Crippen LogP contribution is -2.59. The summed E-state index contributed by atoms with van der Waals surface area (Å²) in [5.41, 5.74) is 0.385. The third-order valence-corrected chi connectivity index (χ3v) is 8.99. The summed E-state index contributed by atoms with van der Waals surface area (Å²) in [6.45, 7) is 12.4. The molecule has 4 atom stereocenters. The maximum absolute atomic E-state index is 13.8. The van der Waals surface area contributed by atoms with Gasteiger partial charge in [0.05, 0.1) is 30.7 Å². The van der Waals surface area contributed by atoms with Gasteiger partial charge in [0.15, 0.2) is 0 Å². The topological polar surface area (TPSA) is 111 Å². The normalized spacial score (nSPS) is 17.0. The Hall–Kier alpha value is -2.79. The van der Waals surface area contributed by atoms with E-state index in [2.05, 4.69) is 15.5 Å². The Balaban J connectivity index is 1.81. The second kappa shape index (κ2) is 16.3. The number of hydrogen-bond donors (Lipinski definition) is 3. The maximum Gasteiger partial charge on any atom is 0.243 e. The molecule has 1 unspecified atom stereocenters. The van der Waals surface area contributed by atoms with Crippen molar-refractivity contribution in [2.24, 2.45) is 11.3 Å². The molecule has 2 amide bonds. The Morgan fingerprint density at radius 3 is 2.19 bits per heavy atom. The lowest BCUT2D eigenvalue weighted by molar-refractivity contribution is -0.133. The summed E-state index contributed by atoms with van der Waals surface area (Å²) < 4.78 is 20.7. The van der Waals surface area contributed by atoms with Gasteiger partial charge in [0.2, 0.25) is 11.8 Å². The Morgan fingerprint density at radius 1 is 1.00 bits per heavy atom. The molecule has 1 fully saturated rings. The summed E-state index contributed by atoms with van der Waals surface area (Å²) >= 11 is 0. The van der Waals surface area contributed by atoms with Gasteiger partial charge in [-0.1, -0.05) is 65.0 Å². The van der Waals surface area contributed by atoms with Crippen LogP contribution in [0.5, 0.6) is 5.75 Å². The van der Waals surface area contributed by atoms with Crippen LogP contribution in [-0.2, 0) is 27.0 Å². The zero-order chi connectivity index (χ0) is 31.6. The molecule has 0 bridgehead atoms. The number of amides is 2. The van der Waals surface area contributed by atoms with E-state index in [-0.39, 0.29) is 30.8 Å². The summed E-state index contributed by atoms with van der Waals surface area (Å²) in [4.78, 5) is 29.5. The van der Waals surface area contributed by atoms with E-state index in [0.29, 0.717) is 23.6 Å². The molecule has 9 nitrogen and oxygen atoms in total. The van der Waals surface area contributed by atoms with Crippen LogP contribution in [-0.4, -0.2) is 88.4 Å². The second-order valence-corrected chi connectivity index (χ2v) is 14.4. The molecule has 238 valence electrons. The molecule has 2 aromatic rings. The van der Waals surface area contributed by atoms with Crippen LogP contribution in [0.2, 0.25) is 0 Å². The molecular weight excluding hydrogens is 564 g/mol. The van der Waals surface area contributed by atoms with Crippen molar-refractivity contribution in [3.05, 3.63) is 60.2 Å². The molecule has 0 aromatic heterocycles. The zero-order valence-corrected chi connectivity index (χ0v) is 27.4. The van der Waals surface area contributed by atoms with E-state index in [4.69, 9.17) is 4.74 Å². The Morgan fingerprint density at radius 2 is 1.63 bits per heavy atom. The number of hydrogen-bond acceptors (Lipinski definition) is 6. The van der Waals surface area contributed by atoms with Gasteiger partial charge >= 0.3 is 0 Å². The summed E-state index contributed by atoms with van der Waals surface area (Å²) in [6.07, 6.45) is 1.49. The number of carbonyl (C=O) groups is 2. The predicted octanol–water partition coefficient (Wildman–Crippen LogP) is 3.39. The first-order valence-corrected chi connectivity index (χ1v) is 16.3. The van der Waals surface area contributed by atoms with E-state index >= 15 is 0 Å². The van der Waals surface area contributed by atoms with Crippen LogP contribution in [0.15, 0.2) is 59.5 Å². The minimum absolute atomic E-state index is 0.0795. The Labute approximate surface area is 260 Å². The molecule has 1 aliphatic rings. The highest BCUT2D eigenvalue weighted by molar-refractivity contribution is 7.82. The first kappa shape index (κ1) is 34.7. The van der Waals surface area contributed by atoms with E-state index in [1.54, 1.807) is 35.7 Å². The van der Waals surface area contributed by atoms with Crippen molar-refractivity contribution in [3.8, 4) is 5.75 Å². The molecule has 3 N–H and O–H groups in total. The molecule has 0 spiro atoms. The molecule has 2 aromatic carbocycles. The Kier molecular flexibility index (Phi) is 13.2. The van der Waals surface area contributed by atoms with Crippen molar-refractivity contribution in [1.29, 1.82) is 0 Å². The number of aliphatic hydroxyl groups excluding tert-OH is 1. The molecular formula is C33H50N4O5S. The average molecular weight is 615 g/mol. The van der Waals surface area contributed by atoms with Crippen molar-refractivity contribution < 1.29 is 23.6 Å². The van der Waals surface area contributed by atoms with Gasteiger partial charge in [-0.25, -0.2) is 8.51 Å². The lowest BCUT2D eigenvalue weighted by atomic mass is 9.85. The number of carbonyl (C=O) groups excluding carboxylic acids is 2. The minimum Gasteiger partial charge on any atom is -0.497 e. The summed E-state index contributed by atoms with van der Waals surface area (Å²) in [5.74, 6) is 0.319. The smallest absolute Gasteiger partial charge is 0.243 e. The maximum atomic E-state index is 13.8. The van der Waals surface area contributed by atoms with Gasteiger partial charge < -0.3 is 20.5 Å². The summed E-state index contributed by atoms with van der Waals surface area (Å²) in [5, 5.41) is 17.7. The van der Waals surface area contributed by atoms with Crippen molar-refractivity contribution >= 4 is 22.8 Å². The lowest BCUT2D eigenvalue weighted by Gasteiger charge is -2.34. The van der Waals surface area contributed by atoms with Gasteiger partial charge in [-0.2, -0.15) is 0 Å². The number of rotatable bonds is 15. The average Bonchev–Trinajstić information content (AvgIpc) is 3.47. The first-order valence-electron chi connectivity index (χ1n) is 15.2. The van der Waals surface area contributed by atoms with E-state index in [1.165, 1.54) is 0 Å². The van der Waals surface area contributed by atoms with Gasteiger partial charge in [-0.3, -0.25) is 14.5 Å². The highest BCUT2D eigenvalue weighted by atomic mass is 32.2. The third-order valence-electron chi connectivity index (χ3n) is 7.55. The minimum atomic E-state index is -1.54. The molecule has 1 saturated heterocycles. The number of nitrogens with one attached hydrogen (secondary N) is 2. The number of methoxy groups -OCH3 is 1. The number of ether oxygens (including phenoxy) is 1.